The van der Waals surface area contributed by atoms with Crippen LogP contribution >= 0.6 is 0 Å². The fourth-order valence-corrected chi connectivity index (χ4v) is 2.38. The molecular weight excluding hydrogens is 238 g/mol. The van der Waals surface area contributed by atoms with Gasteiger partial charge >= 0.3 is 0 Å². The van der Waals surface area contributed by atoms with E-state index in [0.717, 1.165) is 19.4 Å². The van der Waals surface area contributed by atoms with Crippen molar-refractivity contribution in [3.05, 3.63) is 54.4 Å². The van der Waals surface area contributed by atoms with Crippen molar-refractivity contribution >= 4 is 5.95 Å². The Morgan fingerprint density at radius 2 is 1.84 bits per heavy atom. The van der Waals surface area contributed by atoms with E-state index in [4.69, 9.17) is 4.74 Å². The van der Waals surface area contributed by atoms with E-state index in [0.29, 0.717) is 12.0 Å². The van der Waals surface area contributed by atoms with E-state index in [1.807, 2.05) is 12.1 Å². The smallest absolute Gasteiger partial charge is 0.222 e. The predicted octanol–water partition coefficient (Wildman–Crippen LogP) is 2.81. The summed E-state index contributed by atoms with van der Waals surface area (Å²) in [6.45, 7) is 0.768. The van der Waals surface area contributed by atoms with Gasteiger partial charge in [-0.3, -0.25) is 0 Å². The van der Waals surface area contributed by atoms with Gasteiger partial charge in [0.15, 0.2) is 0 Å². The lowest BCUT2D eigenvalue weighted by Gasteiger charge is -2.30. The molecule has 0 amide bonds. The quantitative estimate of drug-likeness (QED) is 0.916. The Bertz CT molecular complexity index is 503. The van der Waals surface area contributed by atoms with Gasteiger partial charge in [0.2, 0.25) is 5.95 Å². The van der Waals surface area contributed by atoms with Crippen molar-refractivity contribution in [2.45, 2.75) is 25.0 Å². The van der Waals surface area contributed by atoms with Crippen LogP contribution in [-0.4, -0.2) is 22.6 Å². The molecule has 4 nitrogen and oxygen atoms in total. The summed E-state index contributed by atoms with van der Waals surface area (Å²) in [5, 5.41) is 3.38. The molecule has 1 aromatic carbocycles. The fraction of sp³-hybridized carbons (Fsp3) is 0.333. The molecule has 0 spiro atoms. The molecule has 3 rings (SSSR count). The van der Waals surface area contributed by atoms with Crippen LogP contribution in [0, 0.1) is 0 Å². The zero-order valence-corrected chi connectivity index (χ0v) is 10.7. The Morgan fingerprint density at radius 3 is 2.63 bits per heavy atom. The van der Waals surface area contributed by atoms with Gasteiger partial charge < -0.3 is 10.1 Å². The third-order valence-corrected chi connectivity index (χ3v) is 3.35. The van der Waals surface area contributed by atoms with E-state index in [1.165, 1.54) is 5.56 Å². The van der Waals surface area contributed by atoms with Gasteiger partial charge in [0.05, 0.1) is 6.10 Å². The SMILES string of the molecule is c1ccc(C2CC(Nc3ncccn3)CCO2)cc1. The van der Waals surface area contributed by atoms with Gasteiger partial charge in [-0.05, 0) is 24.5 Å². The first kappa shape index (κ1) is 12.1. The van der Waals surface area contributed by atoms with E-state index in [2.05, 4.69) is 39.6 Å². The molecule has 0 radical (unpaired) electrons. The molecule has 1 aliphatic rings. The number of ether oxygens (including phenoxy) is 1. The molecule has 1 fully saturated rings. The summed E-state index contributed by atoms with van der Waals surface area (Å²) in [5.74, 6) is 0.696. The number of hydrogen-bond acceptors (Lipinski definition) is 4. The monoisotopic (exact) mass is 255 g/mol. The summed E-state index contributed by atoms with van der Waals surface area (Å²) < 4.78 is 5.85. The molecule has 4 heteroatoms. The number of aromatic nitrogens is 2. The second kappa shape index (κ2) is 5.80. The maximum absolute atomic E-state index is 5.85. The molecule has 19 heavy (non-hydrogen) atoms. The predicted molar refractivity (Wildman–Crippen MR) is 73.8 cm³/mol. The van der Waals surface area contributed by atoms with Crippen LogP contribution in [0.5, 0.6) is 0 Å². The molecular formula is C15H17N3O. The summed E-state index contributed by atoms with van der Waals surface area (Å²) in [6.07, 6.45) is 5.60. The van der Waals surface area contributed by atoms with E-state index < -0.39 is 0 Å². The molecule has 1 aromatic heterocycles. The largest absolute Gasteiger partial charge is 0.373 e. The van der Waals surface area contributed by atoms with Crippen LogP contribution in [0.25, 0.3) is 0 Å². The number of anilines is 1. The van der Waals surface area contributed by atoms with Crippen LogP contribution in [0.15, 0.2) is 48.8 Å². The average Bonchev–Trinajstić information content (AvgIpc) is 2.49. The molecule has 1 aliphatic heterocycles. The van der Waals surface area contributed by atoms with Crippen molar-refractivity contribution in [3.8, 4) is 0 Å². The van der Waals surface area contributed by atoms with Crippen LogP contribution in [0.1, 0.15) is 24.5 Å². The van der Waals surface area contributed by atoms with Crippen LogP contribution in [0.2, 0.25) is 0 Å². The van der Waals surface area contributed by atoms with Gasteiger partial charge in [-0.15, -0.1) is 0 Å². The zero-order chi connectivity index (χ0) is 12.9. The highest BCUT2D eigenvalue weighted by Crippen LogP contribution is 2.28. The topological polar surface area (TPSA) is 47.0 Å². The van der Waals surface area contributed by atoms with Crippen molar-refractivity contribution in [2.24, 2.45) is 0 Å². The van der Waals surface area contributed by atoms with Crippen LogP contribution in [-0.2, 0) is 4.74 Å². The molecule has 1 N–H and O–H groups in total. The lowest BCUT2D eigenvalue weighted by atomic mass is 9.97. The molecule has 0 bridgehead atoms. The van der Waals surface area contributed by atoms with E-state index in [1.54, 1.807) is 12.4 Å². The highest BCUT2D eigenvalue weighted by molar-refractivity contribution is 5.25. The molecule has 0 aliphatic carbocycles. The number of nitrogens with zero attached hydrogens (tertiary/aromatic N) is 2. The summed E-state index contributed by atoms with van der Waals surface area (Å²) in [4.78, 5) is 8.42. The average molecular weight is 255 g/mol. The van der Waals surface area contributed by atoms with E-state index >= 15 is 0 Å². The van der Waals surface area contributed by atoms with Crippen molar-refractivity contribution in [3.63, 3.8) is 0 Å². The molecule has 98 valence electrons. The number of hydrogen-bond donors (Lipinski definition) is 1. The van der Waals surface area contributed by atoms with E-state index in [9.17, 15) is 0 Å². The summed E-state index contributed by atoms with van der Waals surface area (Å²) in [6, 6.07) is 12.5. The standard InChI is InChI=1S/C15H17N3O/c1-2-5-12(6-3-1)14-11-13(7-10-19-14)18-15-16-8-4-9-17-15/h1-6,8-9,13-14H,7,10-11H2,(H,16,17,18). The Kier molecular flexibility index (Phi) is 3.70. The summed E-state index contributed by atoms with van der Waals surface area (Å²) >= 11 is 0. The Labute approximate surface area is 112 Å². The maximum Gasteiger partial charge on any atom is 0.222 e. The molecule has 2 aromatic rings. The maximum atomic E-state index is 5.85. The highest BCUT2D eigenvalue weighted by Gasteiger charge is 2.24. The lowest BCUT2D eigenvalue weighted by molar-refractivity contribution is 0.00969. The first-order chi connectivity index (χ1) is 9.42. The van der Waals surface area contributed by atoms with Gasteiger partial charge in [-0.2, -0.15) is 0 Å². The van der Waals surface area contributed by atoms with Crippen molar-refractivity contribution in [2.75, 3.05) is 11.9 Å². The molecule has 2 atom stereocenters. The zero-order valence-electron chi connectivity index (χ0n) is 10.7. The Morgan fingerprint density at radius 1 is 1.05 bits per heavy atom. The van der Waals surface area contributed by atoms with Gasteiger partial charge in [0, 0.05) is 25.0 Å². The normalized spacial score (nSPS) is 22.9. The van der Waals surface area contributed by atoms with Crippen molar-refractivity contribution < 1.29 is 4.74 Å². The first-order valence-corrected chi connectivity index (χ1v) is 6.62. The number of benzene rings is 1. The second-order valence-corrected chi connectivity index (χ2v) is 4.71. The first-order valence-electron chi connectivity index (χ1n) is 6.62. The van der Waals surface area contributed by atoms with Gasteiger partial charge in [-0.25, -0.2) is 9.97 Å². The minimum Gasteiger partial charge on any atom is -0.373 e. The molecule has 2 unspecified atom stereocenters. The molecule has 0 saturated carbocycles. The van der Waals surface area contributed by atoms with Crippen LogP contribution < -0.4 is 5.32 Å². The minimum absolute atomic E-state index is 0.163. The van der Waals surface area contributed by atoms with Gasteiger partial charge in [-0.1, -0.05) is 30.3 Å². The minimum atomic E-state index is 0.163. The van der Waals surface area contributed by atoms with Crippen LogP contribution in [0.3, 0.4) is 0 Å². The summed E-state index contributed by atoms with van der Waals surface area (Å²) in [7, 11) is 0. The van der Waals surface area contributed by atoms with Crippen molar-refractivity contribution in [1.82, 2.24) is 9.97 Å². The van der Waals surface area contributed by atoms with Crippen LogP contribution in [0.4, 0.5) is 5.95 Å². The third kappa shape index (κ3) is 3.09. The number of nitrogens with one attached hydrogen (secondary N) is 1. The summed E-state index contributed by atoms with van der Waals surface area (Å²) in [5.41, 5.74) is 1.24. The number of rotatable bonds is 3. The highest BCUT2D eigenvalue weighted by atomic mass is 16.5. The van der Waals surface area contributed by atoms with Crippen molar-refractivity contribution in [1.29, 1.82) is 0 Å². The van der Waals surface area contributed by atoms with Gasteiger partial charge in [0.25, 0.3) is 0 Å². The second-order valence-electron chi connectivity index (χ2n) is 4.71. The molecule has 1 saturated heterocycles. The lowest BCUT2D eigenvalue weighted by Crippen LogP contribution is -2.30. The van der Waals surface area contributed by atoms with E-state index in [-0.39, 0.29) is 6.10 Å². The fourth-order valence-electron chi connectivity index (χ4n) is 2.38. The third-order valence-electron chi connectivity index (χ3n) is 3.35. The van der Waals surface area contributed by atoms with Gasteiger partial charge in [0.1, 0.15) is 0 Å². The molecule has 2 heterocycles. The Hall–Kier alpha value is -1.94. The Balaban J connectivity index is 1.65.